The lowest BCUT2D eigenvalue weighted by atomic mass is 10.1. The molecule has 9 heteroatoms. The fourth-order valence-electron chi connectivity index (χ4n) is 3.02. The van der Waals surface area contributed by atoms with E-state index in [9.17, 15) is 18.0 Å². The molecule has 0 aromatic heterocycles. The van der Waals surface area contributed by atoms with Crippen LogP contribution in [0.25, 0.3) is 0 Å². The average Bonchev–Trinajstić information content (AvgIpc) is 2.85. The van der Waals surface area contributed by atoms with Gasteiger partial charge in [-0.15, -0.1) is 0 Å². The van der Waals surface area contributed by atoms with Gasteiger partial charge in [-0.25, -0.2) is 9.59 Å². The van der Waals surface area contributed by atoms with E-state index in [0.29, 0.717) is 5.56 Å². The van der Waals surface area contributed by atoms with Crippen LogP contribution in [0.2, 0.25) is 0 Å². The standard InChI is InChI=1S/C25H25NO7S/c1-2-31-24(27)23(26-25(28)32-18-20-9-5-3-6-10-20)17-19-13-15-21(16-14-19)33-34(29,30)22-11-7-4-8-12-22/h3-16,23H,2,17-18H2,1H3,(H,26,28)/t23-/m0/s1. The Morgan fingerprint density at radius 1 is 0.824 bits per heavy atom. The van der Waals surface area contributed by atoms with Crippen LogP contribution in [0.1, 0.15) is 18.1 Å². The number of hydrogen-bond acceptors (Lipinski definition) is 7. The number of nitrogens with one attached hydrogen (secondary N) is 1. The summed E-state index contributed by atoms with van der Waals surface area (Å²) in [5, 5.41) is 2.53. The second kappa shape index (κ2) is 11.9. The first kappa shape index (κ1) is 24.8. The van der Waals surface area contributed by atoms with E-state index in [1.54, 1.807) is 37.3 Å². The second-order valence-electron chi connectivity index (χ2n) is 7.21. The minimum absolute atomic E-state index is 0.0414. The summed E-state index contributed by atoms with van der Waals surface area (Å²) in [5.74, 6) is -0.485. The van der Waals surface area contributed by atoms with Crippen LogP contribution in [-0.2, 0) is 37.4 Å². The van der Waals surface area contributed by atoms with E-state index in [-0.39, 0.29) is 30.3 Å². The van der Waals surface area contributed by atoms with E-state index >= 15 is 0 Å². The van der Waals surface area contributed by atoms with Gasteiger partial charge in [0.2, 0.25) is 0 Å². The number of esters is 1. The molecular weight excluding hydrogens is 458 g/mol. The van der Waals surface area contributed by atoms with Gasteiger partial charge in [-0.1, -0.05) is 60.7 Å². The van der Waals surface area contributed by atoms with Crippen molar-refractivity contribution in [3.8, 4) is 5.75 Å². The molecule has 178 valence electrons. The highest BCUT2D eigenvalue weighted by atomic mass is 32.2. The molecule has 0 fully saturated rings. The van der Waals surface area contributed by atoms with Crippen molar-refractivity contribution in [1.82, 2.24) is 5.32 Å². The summed E-state index contributed by atoms with van der Waals surface area (Å²) in [5.41, 5.74) is 1.47. The van der Waals surface area contributed by atoms with Gasteiger partial charge in [0.25, 0.3) is 0 Å². The molecule has 1 amide bonds. The number of amides is 1. The minimum Gasteiger partial charge on any atom is -0.464 e. The molecule has 0 saturated carbocycles. The highest BCUT2D eigenvalue weighted by molar-refractivity contribution is 7.87. The molecule has 0 aliphatic heterocycles. The van der Waals surface area contributed by atoms with E-state index in [2.05, 4.69) is 5.32 Å². The molecule has 34 heavy (non-hydrogen) atoms. The Morgan fingerprint density at radius 3 is 2.06 bits per heavy atom. The zero-order chi connectivity index (χ0) is 24.4. The predicted molar refractivity (Wildman–Crippen MR) is 125 cm³/mol. The smallest absolute Gasteiger partial charge is 0.408 e. The van der Waals surface area contributed by atoms with Gasteiger partial charge < -0.3 is 19.0 Å². The van der Waals surface area contributed by atoms with Crippen LogP contribution in [0.3, 0.4) is 0 Å². The van der Waals surface area contributed by atoms with Gasteiger partial charge in [0.1, 0.15) is 23.3 Å². The summed E-state index contributed by atoms with van der Waals surface area (Å²) in [6, 6.07) is 22.1. The van der Waals surface area contributed by atoms with E-state index in [0.717, 1.165) is 5.56 Å². The van der Waals surface area contributed by atoms with Crippen molar-refractivity contribution < 1.29 is 31.7 Å². The number of carbonyl (C=O) groups is 2. The van der Waals surface area contributed by atoms with Crippen molar-refractivity contribution >= 4 is 22.2 Å². The summed E-state index contributed by atoms with van der Waals surface area (Å²) < 4.78 is 40.2. The average molecular weight is 484 g/mol. The fourth-order valence-corrected chi connectivity index (χ4v) is 3.97. The first-order chi connectivity index (χ1) is 16.4. The van der Waals surface area contributed by atoms with Crippen LogP contribution in [0, 0.1) is 0 Å². The molecule has 1 atom stereocenters. The lowest BCUT2D eigenvalue weighted by molar-refractivity contribution is -0.145. The monoisotopic (exact) mass is 483 g/mol. The Labute approximate surface area is 198 Å². The summed E-state index contributed by atoms with van der Waals surface area (Å²) in [6.07, 6.45) is -0.638. The van der Waals surface area contributed by atoms with Gasteiger partial charge >= 0.3 is 22.2 Å². The van der Waals surface area contributed by atoms with Gasteiger partial charge in [-0.3, -0.25) is 0 Å². The van der Waals surface area contributed by atoms with E-state index < -0.39 is 28.2 Å². The maximum atomic E-state index is 12.4. The number of rotatable bonds is 10. The maximum absolute atomic E-state index is 12.4. The SMILES string of the molecule is CCOC(=O)[C@H](Cc1ccc(OS(=O)(=O)c2ccccc2)cc1)NC(=O)OCc1ccccc1. The molecule has 0 saturated heterocycles. The first-order valence-electron chi connectivity index (χ1n) is 10.6. The number of benzene rings is 3. The largest absolute Gasteiger partial charge is 0.464 e. The molecular formula is C25H25NO7S. The number of ether oxygens (including phenoxy) is 2. The lowest BCUT2D eigenvalue weighted by Crippen LogP contribution is -2.43. The second-order valence-corrected chi connectivity index (χ2v) is 8.76. The molecule has 0 unspecified atom stereocenters. The van der Waals surface area contributed by atoms with Gasteiger partial charge in [0, 0.05) is 6.42 Å². The van der Waals surface area contributed by atoms with Crippen molar-refractivity contribution in [1.29, 1.82) is 0 Å². The van der Waals surface area contributed by atoms with Crippen LogP contribution < -0.4 is 9.50 Å². The van der Waals surface area contributed by atoms with Crippen LogP contribution in [0.15, 0.2) is 89.8 Å². The van der Waals surface area contributed by atoms with Crippen molar-refractivity contribution in [3.63, 3.8) is 0 Å². The quantitative estimate of drug-likeness (QED) is 0.345. The Morgan fingerprint density at radius 2 is 1.44 bits per heavy atom. The maximum Gasteiger partial charge on any atom is 0.408 e. The third-order valence-electron chi connectivity index (χ3n) is 4.68. The molecule has 0 heterocycles. The zero-order valence-electron chi connectivity index (χ0n) is 18.5. The van der Waals surface area contributed by atoms with Gasteiger partial charge in [0.05, 0.1) is 6.61 Å². The van der Waals surface area contributed by atoms with Crippen molar-refractivity contribution in [3.05, 3.63) is 96.1 Å². The van der Waals surface area contributed by atoms with Crippen molar-refractivity contribution in [2.75, 3.05) is 6.61 Å². The Kier molecular flexibility index (Phi) is 8.64. The number of alkyl carbamates (subject to hydrolysis) is 1. The summed E-state index contributed by atoms with van der Waals surface area (Å²) in [6.45, 7) is 1.88. The van der Waals surface area contributed by atoms with Crippen molar-refractivity contribution in [2.24, 2.45) is 0 Å². The third kappa shape index (κ3) is 7.35. The van der Waals surface area contributed by atoms with E-state index in [1.165, 1.54) is 24.3 Å². The number of carbonyl (C=O) groups excluding carboxylic acids is 2. The highest BCUT2D eigenvalue weighted by Gasteiger charge is 2.24. The highest BCUT2D eigenvalue weighted by Crippen LogP contribution is 2.20. The Balaban J connectivity index is 1.63. The number of hydrogen-bond donors (Lipinski definition) is 1. The molecule has 3 rings (SSSR count). The van der Waals surface area contributed by atoms with Gasteiger partial charge in [-0.2, -0.15) is 8.42 Å². The summed E-state index contributed by atoms with van der Waals surface area (Å²) in [4.78, 5) is 24.7. The molecule has 0 bridgehead atoms. The molecule has 1 N–H and O–H groups in total. The van der Waals surface area contributed by atoms with Crippen LogP contribution in [-0.4, -0.2) is 33.1 Å². The van der Waals surface area contributed by atoms with Gasteiger partial charge in [-0.05, 0) is 42.3 Å². The third-order valence-corrected chi connectivity index (χ3v) is 5.94. The Hall–Kier alpha value is -3.85. The molecule has 0 radical (unpaired) electrons. The molecule has 0 aliphatic rings. The predicted octanol–water partition coefficient (Wildman–Crippen LogP) is 3.85. The minimum atomic E-state index is -3.96. The van der Waals surface area contributed by atoms with E-state index in [4.69, 9.17) is 13.7 Å². The Bertz CT molecular complexity index is 1180. The zero-order valence-corrected chi connectivity index (χ0v) is 19.4. The normalized spacial score (nSPS) is 11.8. The molecule has 3 aromatic rings. The van der Waals surface area contributed by atoms with Crippen LogP contribution >= 0.6 is 0 Å². The fraction of sp³-hybridized carbons (Fsp3) is 0.200. The summed E-state index contributed by atoms with van der Waals surface area (Å²) in [7, 11) is -3.96. The first-order valence-corrected chi connectivity index (χ1v) is 12.0. The van der Waals surface area contributed by atoms with Crippen molar-refractivity contribution in [2.45, 2.75) is 30.9 Å². The molecule has 0 spiro atoms. The lowest BCUT2D eigenvalue weighted by Gasteiger charge is -2.17. The van der Waals surface area contributed by atoms with Crippen LogP contribution in [0.5, 0.6) is 5.75 Å². The van der Waals surface area contributed by atoms with Crippen LogP contribution in [0.4, 0.5) is 4.79 Å². The topological polar surface area (TPSA) is 108 Å². The van der Waals surface area contributed by atoms with E-state index in [1.807, 2.05) is 30.3 Å². The molecule has 3 aromatic carbocycles. The molecule has 8 nitrogen and oxygen atoms in total. The molecule has 0 aliphatic carbocycles. The van der Waals surface area contributed by atoms with Gasteiger partial charge in [0.15, 0.2) is 0 Å². The summed E-state index contributed by atoms with van der Waals surface area (Å²) >= 11 is 0.